The van der Waals surface area contributed by atoms with Gasteiger partial charge < -0.3 is 9.52 Å². The Kier molecular flexibility index (Phi) is 14.1. The van der Waals surface area contributed by atoms with Gasteiger partial charge in [0.1, 0.15) is 11.0 Å². The predicted molar refractivity (Wildman–Crippen MR) is 167 cm³/mol. The molecule has 3 unspecified atom stereocenters. The molecule has 0 saturated carbocycles. The first kappa shape index (κ1) is 31.7. The van der Waals surface area contributed by atoms with E-state index in [1.807, 2.05) is 13.0 Å². The second kappa shape index (κ2) is 17.8. The Morgan fingerprint density at radius 3 is 2.05 bits per heavy atom. The fourth-order valence-electron chi connectivity index (χ4n) is 5.55. The summed E-state index contributed by atoms with van der Waals surface area (Å²) in [6.07, 6.45) is 21.0. The minimum Gasteiger partial charge on any atom is -0.480 e. The maximum atomic E-state index is 12.9. The molecule has 3 aromatic rings. The molecule has 40 heavy (non-hydrogen) atoms. The van der Waals surface area contributed by atoms with Gasteiger partial charge in [-0.2, -0.15) is 0 Å². The Bertz CT molecular complexity index is 1100. The SMILES string of the molecule is CCCCCCCC/C=C\CCCC(c1ccccc1)C(CC(CC)(Sc1ncco1)C(=O)O)c1ccccc1. The van der Waals surface area contributed by atoms with Crippen LogP contribution in [0.15, 0.2) is 94.9 Å². The third-order valence-corrected chi connectivity index (χ3v) is 9.32. The minimum atomic E-state index is -1.05. The second-order valence-corrected chi connectivity index (χ2v) is 12.1. The highest BCUT2D eigenvalue weighted by molar-refractivity contribution is 8.01. The van der Waals surface area contributed by atoms with Crippen LogP contribution in [-0.4, -0.2) is 20.8 Å². The fourth-order valence-corrected chi connectivity index (χ4v) is 6.60. The lowest BCUT2D eigenvalue weighted by molar-refractivity contribution is -0.140. The number of oxazole rings is 1. The standard InChI is InChI=1S/C35H47NO3S/c1-3-5-6-7-8-9-10-11-12-13-20-25-31(29-21-16-14-17-22-29)32(30-23-18-15-19-24-30)28-35(4-2,33(37)38)40-34-36-26-27-39-34/h11-12,14-19,21-24,26-27,31-32H,3-10,13,20,25,28H2,1-2H3,(H,37,38)/b12-11-. The van der Waals surface area contributed by atoms with Crippen LogP contribution in [0.4, 0.5) is 0 Å². The van der Waals surface area contributed by atoms with Crippen molar-refractivity contribution in [2.24, 2.45) is 0 Å². The molecule has 0 bridgehead atoms. The molecule has 1 heterocycles. The maximum absolute atomic E-state index is 12.9. The third kappa shape index (κ3) is 9.99. The molecule has 0 aliphatic carbocycles. The van der Waals surface area contributed by atoms with Crippen LogP contribution in [0.5, 0.6) is 0 Å². The number of hydrogen-bond donors (Lipinski definition) is 1. The van der Waals surface area contributed by atoms with Crippen LogP contribution < -0.4 is 0 Å². The number of carboxylic acids is 1. The normalized spacial score (nSPS) is 14.7. The summed E-state index contributed by atoms with van der Waals surface area (Å²) in [5, 5.41) is 11.0. The van der Waals surface area contributed by atoms with Crippen molar-refractivity contribution in [3.63, 3.8) is 0 Å². The van der Waals surface area contributed by atoms with Gasteiger partial charge in [0, 0.05) is 0 Å². The number of carbonyl (C=O) groups is 1. The summed E-state index contributed by atoms with van der Waals surface area (Å²) < 4.78 is 4.45. The molecule has 0 saturated heterocycles. The van der Waals surface area contributed by atoms with E-state index < -0.39 is 10.7 Å². The first-order valence-corrected chi connectivity index (χ1v) is 16.0. The molecular weight excluding hydrogens is 514 g/mol. The highest BCUT2D eigenvalue weighted by atomic mass is 32.2. The number of unbranched alkanes of at least 4 members (excludes halogenated alkanes) is 7. The highest BCUT2D eigenvalue weighted by Crippen LogP contribution is 2.48. The highest BCUT2D eigenvalue weighted by Gasteiger charge is 2.43. The van der Waals surface area contributed by atoms with E-state index in [1.54, 1.807) is 6.20 Å². The van der Waals surface area contributed by atoms with E-state index in [9.17, 15) is 9.90 Å². The van der Waals surface area contributed by atoms with Crippen molar-refractivity contribution in [2.75, 3.05) is 0 Å². The molecule has 0 fully saturated rings. The van der Waals surface area contributed by atoms with Gasteiger partial charge in [0.2, 0.25) is 0 Å². The van der Waals surface area contributed by atoms with Gasteiger partial charge >= 0.3 is 5.97 Å². The predicted octanol–water partition coefficient (Wildman–Crippen LogP) is 10.4. The van der Waals surface area contributed by atoms with E-state index in [2.05, 4.69) is 78.7 Å². The van der Waals surface area contributed by atoms with Gasteiger partial charge in [0.15, 0.2) is 0 Å². The Labute approximate surface area is 245 Å². The minimum absolute atomic E-state index is 0.0363. The number of allylic oxidation sites excluding steroid dienone is 2. The number of carboxylic acid groups (broad SMARTS) is 1. The van der Waals surface area contributed by atoms with Crippen LogP contribution in [0.25, 0.3) is 0 Å². The quantitative estimate of drug-likeness (QED) is 0.0844. The van der Waals surface area contributed by atoms with Gasteiger partial charge in [0.05, 0.1) is 6.20 Å². The van der Waals surface area contributed by atoms with Gasteiger partial charge in [-0.3, -0.25) is 4.79 Å². The smallest absolute Gasteiger partial charge is 0.320 e. The topological polar surface area (TPSA) is 63.3 Å². The van der Waals surface area contributed by atoms with Crippen molar-refractivity contribution >= 4 is 17.7 Å². The molecular formula is C35H47NO3S. The number of rotatable bonds is 20. The summed E-state index contributed by atoms with van der Waals surface area (Å²) in [6.45, 7) is 4.22. The zero-order valence-electron chi connectivity index (χ0n) is 24.3. The lowest BCUT2D eigenvalue weighted by Crippen LogP contribution is -2.37. The Hall–Kier alpha value is -2.79. The van der Waals surface area contributed by atoms with Crippen molar-refractivity contribution in [3.05, 3.63) is 96.4 Å². The van der Waals surface area contributed by atoms with Crippen LogP contribution in [0, 0.1) is 0 Å². The van der Waals surface area contributed by atoms with Gasteiger partial charge in [-0.15, -0.1) is 0 Å². The van der Waals surface area contributed by atoms with Gasteiger partial charge in [-0.05, 0) is 79.7 Å². The molecule has 1 aromatic heterocycles. The lowest BCUT2D eigenvalue weighted by Gasteiger charge is -2.35. The molecule has 0 amide bonds. The molecule has 5 heteroatoms. The summed E-state index contributed by atoms with van der Waals surface area (Å²) in [5.74, 6) is -0.580. The van der Waals surface area contributed by atoms with Crippen LogP contribution in [0.2, 0.25) is 0 Å². The van der Waals surface area contributed by atoms with Gasteiger partial charge in [0.25, 0.3) is 5.22 Å². The molecule has 0 aliphatic rings. The number of aliphatic carboxylic acids is 1. The molecule has 0 radical (unpaired) electrons. The Morgan fingerprint density at radius 2 is 1.48 bits per heavy atom. The third-order valence-electron chi connectivity index (χ3n) is 7.92. The number of benzene rings is 2. The van der Waals surface area contributed by atoms with Gasteiger partial charge in [-0.25, -0.2) is 4.98 Å². The molecule has 0 spiro atoms. The molecule has 1 N–H and O–H groups in total. The first-order valence-electron chi connectivity index (χ1n) is 15.2. The van der Waals surface area contributed by atoms with E-state index in [0.29, 0.717) is 18.1 Å². The summed E-state index contributed by atoms with van der Waals surface area (Å²) in [7, 11) is 0. The maximum Gasteiger partial charge on any atom is 0.320 e. The number of aromatic nitrogens is 1. The summed E-state index contributed by atoms with van der Waals surface area (Å²) in [4.78, 5) is 17.1. The fraction of sp³-hybridized carbons (Fsp3) is 0.486. The van der Waals surface area contributed by atoms with E-state index in [0.717, 1.165) is 25.7 Å². The average molecular weight is 562 g/mol. The van der Waals surface area contributed by atoms with Crippen molar-refractivity contribution in [1.29, 1.82) is 0 Å². The van der Waals surface area contributed by atoms with Crippen LogP contribution >= 0.6 is 11.8 Å². The van der Waals surface area contributed by atoms with Crippen LogP contribution in [0.1, 0.15) is 114 Å². The molecule has 4 nitrogen and oxygen atoms in total. The summed E-state index contributed by atoms with van der Waals surface area (Å²) in [5.41, 5.74) is 2.45. The van der Waals surface area contributed by atoms with E-state index in [1.165, 1.54) is 67.7 Å². The molecule has 3 rings (SSSR count). The first-order chi connectivity index (χ1) is 19.6. The zero-order chi connectivity index (χ0) is 28.5. The Balaban J connectivity index is 1.77. The van der Waals surface area contributed by atoms with Crippen molar-refractivity contribution in [1.82, 2.24) is 4.98 Å². The van der Waals surface area contributed by atoms with Crippen LogP contribution in [0.3, 0.4) is 0 Å². The largest absolute Gasteiger partial charge is 0.480 e. The summed E-state index contributed by atoms with van der Waals surface area (Å²) >= 11 is 1.24. The number of nitrogens with zero attached hydrogens (tertiary/aromatic N) is 1. The summed E-state index contributed by atoms with van der Waals surface area (Å²) in [6, 6.07) is 21.1. The average Bonchev–Trinajstić information content (AvgIpc) is 3.50. The molecule has 3 atom stereocenters. The second-order valence-electron chi connectivity index (χ2n) is 10.8. The van der Waals surface area contributed by atoms with Crippen molar-refractivity contribution in [3.8, 4) is 0 Å². The molecule has 0 aliphatic heterocycles. The van der Waals surface area contributed by atoms with Crippen molar-refractivity contribution < 1.29 is 14.3 Å². The zero-order valence-corrected chi connectivity index (χ0v) is 25.2. The van der Waals surface area contributed by atoms with E-state index in [4.69, 9.17) is 4.42 Å². The van der Waals surface area contributed by atoms with E-state index in [-0.39, 0.29) is 11.8 Å². The number of hydrogen-bond acceptors (Lipinski definition) is 4. The van der Waals surface area contributed by atoms with E-state index >= 15 is 0 Å². The molecule has 216 valence electrons. The van der Waals surface area contributed by atoms with Crippen molar-refractivity contribution in [2.45, 2.75) is 113 Å². The molecule has 2 aromatic carbocycles. The monoisotopic (exact) mass is 561 g/mol. The lowest BCUT2D eigenvalue weighted by atomic mass is 9.73. The number of thioether (sulfide) groups is 1. The Morgan fingerprint density at radius 1 is 0.875 bits per heavy atom. The van der Waals surface area contributed by atoms with Gasteiger partial charge in [-0.1, -0.05) is 119 Å². The van der Waals surface area contributed by atoms with Crippen LogP contribution in [-0.2, 0) is 4.79 Å².